The lowest BCUT2D eigenvalue weighted by molar-refractivity contribution is -0.137. The average Bonchev–Trinajstić information content (AvgIpc) is 2.64. The Morgan fingerprint density at radius 3 is 2.30 bits per heavy atom. The highest BCUT2D eigenvalue weighted by atomic mass is 19.4. The van der Waals surface area contributed by atoms with Crippen LogP contribution in [0, 0.1) is 16.7 Å². The molecular formula is C16H18F3N. The van der Waals surface area contributed by atoms with Crippen molar-refractivity contribution in [1.82, 2.24) is 0 Å². The average molecular weight is 281 g/mol. The third-order valence-corrected chi connectivity index (χ3v) is 4.09. The van der Waals surface area contributed by atoms with E-state index in [2.05, 4.69) is 6.07 Å². The maximum atomic E-state index is 12.7. The molecule has 1 fully saturated rings. The maximum Gasteiger partial charge on any atom is 0.416 e. The van der Waals surface area contributed by atoms with Gasteiger partial charge in [0, 0.05) is 0 Å². The molecule has 0 aromatic heterocycles. The SMILES string of the molecule is N#CC1(Cc2cccc(C(F)(F)F)c2)CCCCCC1. The summed E-state index contributed by atoms with van der Waals surface area (Å²) in [7, 11) is 0. The van der Waals surface area contributed by atoms with Gasteiger partial charge in [-0.2, -0.15) is 18.4 Å². The molecule has 0 bridgehead atoms. The van der Waals surface area contributed by atoms with E-state index in [9.17, 15) is 18.4 Å². The quantitative estimate of drug-likeness (QED) is 0.691. The molecule has 0 saturated heterocycles. The van der Waals surface area contributed by atoms with Gasteiger partial charge in [-0.25, -0.2) is 0 Å². The first-order valence-electron chi connectivity index (χ1n) is 7.03. The van der Waals surface area contributed by atoms with Crippen molar-refractivity contribution in [3.63, 3.8) is 0 Å². The Hall–Kier alpha value is -1.50. The Morgan fingerprint density at radius 2 is 1.75 bits per heavy atom. The van der Waals surface area contributed by atoms with Gasteiger partial charge in [-0.1, -0.05) is 43.9 Å². The van der Waals surface area contributed by atoms with E-state index in [4.69, 9.17) is 0 Å². The molecule has 108 valence electrons. The highest BCUT2D eigenvalue weighted by Crippen LogP contribution is 2.38. The molecule has 1 aromatic rings. The van der Waals surface area contributed by atoms with Crippen LogP contribution in [0.25, 0.3) is 0 Å². The molecule has 0 unspecified atom stereocenters. The number of halogens is 3. The minimum Gasteiger partial charge on any atom is -0.198 e. The highest BCUT2D eigenvalue weighted by Gasteiger charge is 2.33. The molecule has 0 aliphatic heterocycles. The molecule has 0 spiro atoms. The van der Waals surface area contributed by atoms with E-state index < -0.39 is 17.2 Å². The topological polar surface area (TPSA) is 23.8 Å². The lowest BCUT2D eigenvalue weighted by Gasteiger charge is -2.25. The second-order valence-electron chi connectivity index (χ2n) is 5.68. The maximum absolute atomic E-state index is 12.7. The zero-order chi connectivity index (χ0) is 14.6. The van der Waals surface area contributed by atoms with E-state index in [1.54, 1.807) is 6.07 Å². The van der Waals surface area contributed by atoms with Crippen LogP contribution < -0.4 is 0 Å². The summed E-state index contributed by atoms with van der Waals surface area (Å²) in [5.41, 5.74) is -0.499. The molecule has 1 nitrogen and oxygen atoms in total. The second kappa shape index (κ2) is 5.87. The number of nitrogens with zero attached hydrogens (tertiary/aromatic N) is 1. The first kappa shape index (κ1) is 14.9. The van der Waals surface area contributed by atoms with Crippen LogP contribution in [0.4, 0.5) is 13.2 Å². The van der Waals surface area contributed by atoms with Gasteiger partial charge in [0.15, 0.2) is 0 Å². The largest absolute Gasteiger partial charge is 0.416 e. The Balaban J connectivity index is 2.21. The lowest BCUT2D eigenvalue weighted by atomic mass is 9.76. The van der Waals surface area contributed by atoms with Gasteiger partial charge in [0.1, 0.15) is 0 Å². The Labute approximate surface area is 117 Å². The van der Waals surface area contributed by atoms with E-state index in [1.165, 1.54) is 12.1 Å². The molecule has 0 atom stereocenters. The van der Waals surface area contributed by atoms with Gasteiger partial charge in [-0.15, -0.1) is 0 Å². The lowest BCUT2D eigenvalue weighted by Crippen LogP contribution is -2.21. The van der Waals surface area contributed by atoms with Crippen molar-refractivity contribution >= 4 is 0 Å². The molecule has 0 radical (unpaired) electrons. The van der Waals surface area contributed by atoms with Crippen LogP contribution in [-0.4, -0.2) is 0 Å². The van der Waals surface area contributed by atoms with Crippen molar-refractivity contribution in [2.24, 2.45) is 5.41 Å². The fourth-order valence-corrected chi connectivity index (χ4v) is 2.98. The summed E-state index contributed by atoms with van der Waals surface area (Å²) >= 11 is 0. The van der Waals surface area contributed by atoms with Gasteiger partial charge in [0.25, 0.3) is 0 Å². The first-order chi connectivity index (χ1) is 9.45. The number of benzene rings is 1. The molecule has 0 amide bonds. The minimum absolute atomic E-state index is 0.424. The molecule has 1 aliphatic carbocycles. The van der Waals surface area contributed by atoms with Crippen molar-refractivity contribution in [2.45, 2.75) is 51.1 Å². The molecule has 2 rings (SSSR count). The number of hydrogen-bond donors (Lipinski definition) is 0. The summed E-state index contributed by atoms with van der Waals surface area (Å²) < 4.78 is 38.2. The molecule has 1 aromatic carbocycles. The van der Waals surface area contributed by atoms with E-state index in [-0.39, 0.29) is 0 Å². The van der Waals surface area contributed by atoms with Crippen LogP contribution in [-0.2, 0) is 12.6 Å². The van der Waals surface area contributed by atoms with Gasteiger partial charge >= 0.3 is 6.18 Å². The third-order valence-electron chi connectivity index (χ3n) is 4.09. The standard InChI is InChI=1S/C16H18F3N/c17-16(18,19)14-7-5-6-13(10-14)11-15(12-20)8-3-1-2-4-9-15/h5-7,10H,1-4,8-9,11H2. The van der Waals surface area contributed by atoms with Gasteiger partial charge in [0.05, 0.1) is 17.0 Å². The Bertz CT molecular complexity index is 491. The van der Waals surface area contributed by atoms with Crippen LogP contribution in [0.15, 0.2) is 24.3 Å². The van der Waals surface area contributed by atoms with Crippen molar-refractivity contribution in [3.05, 3.63) is 35.4 Å². The second-order valence-corrected chi connectivity index (χ2v) is 5.68. The summed E-state index contributed by atoms with van der Waals surface area (Å²) in [5.74, 6) is 0. The van der Waals surface area contributed by atoms with Crippen LogP contribution in [0.1, 0.15) is 49.7 Å². The normalized spacial score (nSPS) is 19.1. The zero-order valence-electron chi connectivity index (χ0n) is 11.3. The third kappa shape index (κ3) is 3.53. The summed E-state index contributed by atoms with van der Waals surface area (Å²) in [4.78, 5) is 0. The first-order valence-corrected chi connectivity index (χ1v) is 7.03. The van der Waals surface area contributed by atoms with Crippen molar-refractivity contribution < 1.29 is 13.2 Å². The van der Waals surface area contributed by atoms with Crippen molar-refractivity contribution in [3.8, 4) is 6.07 Å². The van der Waals surface area contributed by atoms with Crippen LogP contribution in [0.5, 0.6) is 0 Å². The molecule has 20 heavy (non-hydrogen) atoms. The van der Waals surface area contributed by atoms with E-state index in [1.807, 2.05) is 0 Å². The highest BCUT2D eigenvalue weighted by molar-refractivity contribution is 5.27. The molecule has 0 heterocycles. The van der Waals surface area contributed by atoms with Gasteiger partial charge in [0.2, 0.25) is 0 Å². The van der Waals surface area contributed by atoms with E-state index in [0.29, 0.717) is 12.0 Å². The van der Waals surface area contributed by atoms with E-state index in [0.717, 1.165) is 44.6 Å². The summed E-state index contributed by atoms with van der Waals surface area (Å²) in [6.45, 7) is 0. The molecular weight excluding hydrogens is 263 g/mol. The zero-order valence-corrected chi connectivity index (χ0v) is 11.3. The van der Waals surface area contributed by atoms with E-state index >= 15 is 0 Å². The Kier molecular flexibility index (Phi) is 4.37. The van der Waals surface area contributed by atoms with Crippen molar-refractivity contribution in [1.29, 1.82) is 5.26 Å². The molecule has 4 heteroatoms. The summed E-state index contributed by atoms with van der Waals surface area (Å²) in [6.07, 6.45) is 1.91. The number of nitriles is 1. The van der Waals surface area contributed by atoms with Crippen LogP contribution >= 0.6 is 0 Å². The smallest absolute Gasteiger partial charge is 0.198 e. The summed E-state index contributed by atoms with van der Waals surface area (Å²) in [6, 6.07) is 7.77. The van der Waals surface area contributed by atoms with Crippen LogP contribution in [0.2, 0.25) is 0 Å². The minimum atomic E-state index is -4.32. The monoisotopic (exact) mass is 281 g/mol. The number of rotatable bonds is 2. The molecule has 1 saturated carbocycles. The number of hydrogen-bond acceptors (Lipinski definition) is 1. The number of alkyl halides is 3. The van der Waals surface area contributed by atoms with Gasteiger partial charge in [-0.05, 0) is 30.9 Å². The predicted octanol–water partition coefficient (Wildman–Crippen LogP) is 5.11. The van der Waals surface area contributed by atoms with Crippen molar-refractivity contribution in [2.75, 3.05) is 0 Å². The fourth-order valence-electron chi connectivity index (χ4n) is 2.98. The summed E-state index contributed by atoms with van der Waals surface area (Å²) in [5, 5.41) is 9.48. The molecule has 1 aliphatic rings. The predicted molar refractivity (Wildman–Crippen MR) is 70.9 cm³/mol. The van der Waals surface area contributed by atoms with Crippen LogP contribution in [0.3, 0.4) is 0 Å². The molecule has 0 N–H and O–H groups in total. The van der Waals surface area contributed by atoms with Gasteiger partial charge < -0.3 is 0 Å². The Morgan fingerprint density at radius 1 is 1.10 bits per heavy atom. The fraction of sp³-hybridized carbons (Fsp3) is 0.562. The van der Waals surface area contributed by atoms with Gasteiger partial charge in [-0.3, -0.25) is 0 Å².